The molecule has 3 aromatic heterocycles. The van der Waals surface area contributed by atoms with Crippen LogP contribution in [-0.4, -0.2) is 31.1 Å². The lowest BCUT2D eigenvalue weighted by atomic mass is 10.2. The number of nitrogens with one attached hydrogen (secondary N) is 1. The van der Waals surface area contributed by atoms with Crippen molar-refractivity contribution >= 4 is 17.3 Å². The van der Waals surface area contributed by atoms with Crippen molar-refractivity contribution < 1.29 is 15.0 Å². The molecule has 0 aromatic carbocycles. The lowest BCUT2D eigenvalue weighted by Crippen LogP contribution is -1.94. The highest BCUT2D eigenvalue weighted by molar-refractivity contribution is 7.15. The van der Waals surface area contributed by atoms with Crippen molar-refractivity contribution in [3.63, 3.8) is 0 Å². The van der Waals surface area contributed by atoms with Crippen LogP contribution in [0.4, 0.5) is 0 Å². The van der Waals surface area contributed by atoms with Crippen LogP contribution in [0.15, 0.2) is 30.5 Å². The van der Waals surface area contributed by atoms with Gasteiger partial charge in [0.1, 0.15) is 10.7 Å². The summed E-state index contributed by atoms with van der Waals surface area (Å²) in [6.45, 7) is 1.78. The molecule has 0 spiro atoms. The van der Waals surface area contributed by atoms with Crippen molar-refractivity contribution in [1.82, 2.24) is 15.0 Å². The van der Waals surface area contributed by atoms with Gasteiger partial charge in [0.05, 0.1) is 28.6 Å². The zero-order chi connectivity index (χ0) is 15.7. The van der Waals surface area contributed by atoms with Crippen LogP contribution in [0.5, 0.6) is 0 Å². The van der Waals surface area contributed by atoms with E-state index >= 15 is 0 Å². The van der Waals surface area contributed by atoms with Gasteiger partial charge in [-0.15, -0.1) is 11.3 Å². The van der Waals surface area contributed by atoms with Gasteiger partial charge in [0, 0.05) is 11.8 Å². The Morgan fingerprint density at radius 3 is 2.73 bits per heavy atom. The van der Waals surface area contributed by atoms with Crippen molar-refractivity contribution in [1.29, 1.82) is 0 Å². The molecule has 3 N–H and O–H groups in total. The predicted molar refractivity (Wildman–Crippen MR) is 82.8 cm³/mol. The standard InChI is InChI=1S/C15H13N3O3S/c1-8-14(22-13(7-19)17-8)11-4-2-3-10(18-11)9-5-12(15(20)21)16-6-9/h2-6,16,19H,7H2,1H3,(H,20,21). The molecule has 7 heteroatoms. The number of H-pyrrole nitrogens is 1. The lowest BCUT2D eigenvalue weighted by molar-refractivity contribution is 0.0691. The molecule has 0 amide bonds. The van der Waals surface area contributed by atoms with Gasteiger partial charge in [-0.2, -0.15) is 0 Å². The Hall–Kier alpha value is -2.51. The SMILES string of the molecule is Cc1nc(CO)sc1-c1cccc(-c2c[nH]c(C(=O)O)c2)n1. The molecule has 3 heterocycles. The van der Waals surface area contributed by atoms with Gasteiger partial charge in [-0.3, -0.25) is 0 Å². The summed E-state index contributed by atoms with van der Waals surface area (Å²) in [4.78, 5) is 23.4. The molecule has 0 unspecified atom stereocenters. The fraction of sp³-hybridized carbons (Fsp3) is 0.133. The summed E-state index contributed by atoms with van der Waals surface area (Å²) in [5, 5.41) is 18.8. The molecule has 22 heavy (non-hydrogen) atoms. The van der Waals surface area contributed by atoms with E-state index < -0.39 is 5.97 Å². The Morgan fingerprint density at radius 1 is 1.32 bits per heavy atom. The second-order valence-electron chi connectivity index (χ2n) is 4.70. The Kier molecular flexibility index (Phi) is 3.74. The molecular weight excluding hydrogens is 302 g/mol. The van der Waals surface area contributed by atoms with Gasteiger partial charge in [0.2, 0.25) is 0 Å². The van der Waals surface area contributed by atoms with Gasteiger partial charge in [0.25, 0.3) is 0 Å². The number of carboxylic acid groups (broad SMARTS) is 1. The first-order valence-electron chi connectivity index (χ1n) is 6.55. The number of aromatic amines is 1. The highest BCUT2D eigenvalue weighted by Crippen LogP contribution is 2.30. The normalized spacial score (nSPS) is 10.8. The van der Waals surface area contributed by atoms with Gasteiger partial charge >= 0.3 is 5.97 Å². The maximum absolute atomic E-state index is 10.9. The highest BCUT2D eigenvalue weighted by Gasteiger charge is 2.13. The van der Waals surface area contributed by atoms with Crippen molar-refractivity contribution in [2.75, 3.05) is 0 Å². The van der Waals surface area contributed by atoms with Crippen LogP contribution in [0.1, 0.15) is 21.2 Å². The third-order valence-electron chi connectivity index (χ3n) is 3.17. The van der Waals surface area contributed by atoms with Crippen LogP contribution < -0.4 is 0 Å². The van der Waals surface area contributed by atoms with Crippen LogP contribution in [0.3, 0.4) is 0 Å². The average molecular weight is 315 g/mol. The highest BCUT2D eigenvalue weighted by atomic mass is 32.1. The van der Waals surface area contributed by atoms with Crippen LogP contribution in [0, 0.1) is 6.92 Å². The zero-order valence-corrected chi connectivity index (χ0v) is 12.5. The third-order valence-corrected chi connectivity index (χ3v) is 4.33. The molecule has 0 radical (unpaired) electrons. The van der Waals surface area contributed by atoms with Gasteiger partial charge < -0.3 is 15.2 Å². The van der Waals surface area contributed by atoms with Crippen LogP contribution >= 0.6 is 11.3 Å². The summed E-state index contributed by atoms with van der Waals surface area (Å²) in [6, 6.07) is 7.10. The van der Waals surface area contributed by atoms with Crippen molar-refractivity contribution in [3.8, 4) is 21.8 Å². The molecule has 0 aliphatic heterocycles. The number of hydrogen-bond donors (Lipinski definition) is 3. The Balaban J connectivity index is 2.01. The Morgan fingerprint density at radius 2 is 2.09 bits per heavy atom. The third kappa shape index (κ3) is 2.63. The molecule has 0 aliphatic carbocycles. The second-order valence-corrected chi connectivity index (χ2v) is 5.78. The number of carboxylic acids is 1. The quantitative estimate of drug-likeness (QED) is 0.687. The van der Waals surface area contributed by atoms with E-state index in [1.807, 2.05) is 25.1 Å². The van der Waals surface area contributed by atoms with Crippen molar-refractivity contribution in [2.24, 2.45) is 0 Å². The molecular formula is C15H13N3O3S. The zero-order valence-electron chi connectivity index (χ0n) is 11.7. The number of aromatic carboxylic acids is 1. The predicted octanol–water partition coefficient (Wildman–Crippen LogP) is 2.70. The van der Waals surface area contributed by atoms with Crippen LogP contribution in [0.2, 0.25) is 0 Å². The first-order valence-corrected chi connectivity index (χ1v) is 7.37. The van der Waals surface area contributed by atoms with E-state index in [1.54, 1.807) is 12.3 Å². The number of rotatable bonds is 4. The van der Waals surface area contributed by atoms with Crippen molar-refractivity contribution in [2.45, 2.75) is 13.5 Å². The maximum atomic E-state index is 10.9. The number of aromatic nitrogens is 3. The topological polar surface area (TPSA) is 99.1 Å². The van der Waals surface area contributed by atoms with Gasteiger partial charge in [-0.05, 0) is 25.1 Å². The summed E-state index contributed by atoms with van der Waals surface area (Å²) in [6.07, 6.45) is 1.62. The first kappa shape index (κ1) is 14.4. The number of hydrogen-bond acceptors (Lipinski definition) is 5. The molecule has 6 nitrogen and oxygen atoms in total. The largest absolute Gasteiger partial charge is 0.477 e. The Bertz CT molecular complexity index is 838. The molecule has 3 rings (SSSR count). The summed E-state index contributed by atoms with van der Waals surface area (Å²) in [7, 11) is 0. The minimum Gasteiger partial charge on any atom is -0.477 e. The van der Waals surface area contributed by atoms with Crippen LogP contribution in [-0.2, 0) is 6.61 Å². The van der Waals surface area contributed by atoms with Gasteiger partial charge in [-0.1, -0.05) is 6.07 Å². The average Bonchev–Trinajstić information content (AvgIpc) is 3.14. The van der Waals surface area contributed by atoms with E-state index in [2.05, 4.69) is 15.0 Å². The lowest BCUT2D eigenvalue weighted by Gasteiger charge is -2.01. The molecule has 0 saturated carbocycles. The molecule has 0 fully saturated rings. The number of aryl methyl sites for hydroxylation is 1. The number of carbonyl (C=O) groups is 1. The summed E-state index contributed by atoms with van der Waals surface area (Å²) in [5.74, 6) is -1.01. The minimum absolute atomic E-state index is 0.0923. The van der Waals surface area contributed by atoms with Gasteiger partial charge in [-0.25, -0.2) is 14.8 Å². The minimum atomic E-state index is -1.01. The number of aliphatic hydroxyl groups excluding tert-OH is 1. The molecule has 0 bridgehead atoms. The number of thiazole rings is 1. The van der Waals surface area contributed by atoms with E-state index in [-0.39, 0.29) is 12.3 Å². The Labute approximate surface area is 130 Å². The molecule has 3 aromatic rings. The first-order chi connectivity index (χ1) is 10.6. The fourth-order valence-corrected chi connectivity index (χ4v) is 3.04. The summed E-state index contributed by atoms with van der Waals surface area (Å²) in [5.41, 5.74) is 3.09. The van der Waals surface area contributed by atoms with Crippen molar-refractivity contribution in [3.05, 3.63) is 46.9 Å². The van der Waals surface area contributed by atoms with E-state index in [1.165, 1.54) is 11.3 Å². The van der Waals surface area contributed by atoms with E-state index in [0.717, 1.165) is 16.3 Å². The smallest absolute Gasteiger partial charge is 0.352 e. The van der Waals surface area contributed by atoms with Gasteiger partial charge in [0.15, 0.2) is 0 Å². The monoisotopic (exact) mass is 315 g/mol. The number of pyridine rings is 1. The summed E-state index contributed by atoms with van der Waals surface area (Å²) >= 11 is 1.40. The van der Waals surface area contributed by atoms with E-state index in [9.17, 15) is 9.90 Å². The maximum Gasteiger partial charge on any atom is 0.352 e. The number of nitrogens with zero attached hydrogens (tertiary/aromatic N) is 2. The van der Waals surface area contributed by atoms with E-state index in [0.29, 0.717) is 16.3 Å². The number of aliphatic hydroxyl groups is 1. The molecule has 0 atom stereocenters. The second kappa shape index (κ2) is 5.70. The molecule has 0 aliphatic rings. The van der Waals surface area contributed by atoms with Crippen LogP contribution in [0.25, 0.3) is 21.8 Å². The summed E-state index contributed by atoms with van der Waals surface area (Å²) < 4.78 is 0. The fourth-order valence-electron chi connectivity index (χ4n) is 2.15. The molecule has 112 valence electrons. The molecule has 0 saturated heterocycles. The van der Waals surface area contributed by atoms with E-state index in [4.69, 9.17) is 5.11 Å².